The molecule has 2 aliphatic carbocycles. The Hall–Kier alpha value is -1.41. The topological polar surface area (TPSA) is 12.5 Å². The van der Waals surface area contributed by atoms with E-state index in [2.05, 4.69) is 17.1 Å². The average molecular weight is 478 g/mol. The Labute approximate surface area is 195 Å². The fraction of sp³-hybridized carbons (Fsp3) is 0.440. The molecule has 5 rings (SSSR count). The molecule has 7 heteroatoms. The van der Waals surface area contributed by atoms with Crippen molar-refractivity contribution in [3.8, 4) is 0 Å². The lowest BCUT2D eigenvalue weighted by atomic mass is 9.86. The second-order valence-electron chi connectivity index (χ2n) is 8.61. The lowest BCUT2D eigenvalue weighted by molar-refractivity contribution is -0.0889. The molecule has 1 unspecified atom stereocenters. The number of rotatable bonds is 5. The van der Waals surface area contributed by atoms with Crippen molar-refractivity contribution in [1.29, 1.82) is 0 Å². The van der Waals surface area contributed by atoms with Gasteiger partial charge in [0.15, 0.2) is 0 Å². The van der Waals surface area contributed by atoms with Crippen LogP contribution in [0.4, 0.5) is 13.2 Å². The second kappa shape index (κ2) is 9.09. The fourth-order valence-electron chi connectivity index (χ4n) is 4.95. The van der Waals surface area contributed by atoms with Gasteiger partial charge in [-0.3, -0.25) is 0 Å². The Kier molecular flexibility index (Phi) is 6.36. The molecular weight excluding hydrogens is 451 g/mol. The molecule has 32 heavy (non-hydrogen) atoms. The van der Waals surface area contributed by atoms with E-state index in [-0.39, 0.29) is 0 Å². The second-order valence-corrected chi connectivity index (χ2v) is 10.8. The van der Waals surface area contributed by atoms with Crippen LogP contribution in [0.1, 0.15) is 25.7 Å². The summed E-state index contributed by atoms with van der Waals surface area (Å²) in [5.41, 5.74) is 2.23. The van der Waals surface area contributed by atoms with Crippen LogP contribution in [-0.2, 0) is 4.74 Å². The van der Waals surface area contributed by atoms with Crippen molar-refractivity contribution >= 4 is 23.5 Å². The number of fused-ring (bicyclic) bond motifs is 1. The largest absolute Gasteiger partial charge is 0.417 e. The van der Waals surface area contributed by atoms with Gasteiger partial charge in [-0.1, -0.05) is 36.8 Å². The normalized spacial score (nSPS) is 27.7. The molecule has 0 radical (unpaired) electrons. The molecule has 0 bridgehead atoms. The molecule has 1 fully saturated rings. The summed E-state index contributed by atoms with van der Waals surface area (Å²) in [5.74, 6) is 0. The van der Waals surface area contributed by atoms with Crippen LogP contribution in [0.3, 0.4) is 0 Å². The Morgan fingerprint density at radius 1 is 1.03 bits per heavy atom. The van der Waals surface area contributed by atoms with E-state index in [1.165, 1.54) is 24.7 Å². The molecule has 0 aromatic carbocycles. The van der Waals surface area contributed by atoms with Crippen molar-refractivity contribution in [2.45, 2.75) is 36.6 Å². The molecule has 5 aliphatic rings. The molecule has 0 aromatic rings. The Bertz CT molecular complexity index is 993. The van der Waals surface area contributed by atoms with E-state index >= 15 is 0 Å². The summed E-state index contributed by atoms with van der Waals surface area (Å²) < 4.78 is 47.2. The first-order valence-corrected chi connectivity index (χ1v) is 12.9. The zero-order chi connectivity index (χ0) is 22.2. The lowest BCUT2D eigenvalue weighted by Gasteiger charge is -2.36. The highest BCUT2D eigenvalue weighted by Crippen LogP contribution is 2.58. The third-order valence-corrected chi connectivity index (χ3v) is 8.79. The summed E-state index contributed by atoms with van der Waals surface area (Å²) in [7, 11) is 0. The molecule has 2 nitrogen and oxygen atoms in total. The summed E-state index contributed by atoms with van der Waals surface area (Å²) in [6, 6.07) is 0. The minimum absolute atomic E-state index is 0.324. The Morgan fingerprint density at radius 3 is 2.69 bits per heavy atom. The number of allylic oxidation sites excluding steroid dienone is 9. The van der Waals surface area contributed by atoms with Crippen LogP contribution in [0.5, 0.6) is 0 Å². The minimum atomic E-state index is -4.38. The van der Waals surface area contributed by atoms with Gasteiger partial charge in [-0.05, 0) is 71.5 Å². The van der Waals surface area contributed by atoms with Crippen molar-refractivity contribution in [3.05, 3.63) is 80.0 Å². The molecule has 0 amide bonds. The summed E-state index contributed by atoms with van der Waals surface area (Å²) in [4.78, 5) is 3.51. The van der Waals surface area contributed by atoms with Gasteiger partial charge in [0, 0.05) is 11.4 Å². The lowest BCUT2D eigenvalue weighted by Crippen LogP contribution is -2.33. The number of halogens is 3. The third-order valence-electron chi connectivity index (χ3n) is 6.55. The minimum Gasteiger partial charge on any atom is -0.375 e. The van der Waals surface area contributed by atoms with Crippen molar-refractivity contribution in [2.24, 2.45) is 0 Å². The van der Waals surface area contributed by atoms with Gasteiger partial charge < -0.3 is 9.64 Å². The van der Waals surface area contributed by atoms with E-state index in [1.807, 2.05) is 29.7 Å². The smallest absolute Gasteiger partial charge is 0.375 e. The molecule has 3 heterocycles. The summed E-state index contributed by atoms with van der Waals surface area (Å²) in [6.07, 6.45) is 12.0. The van der Waals surface area contributed by atoms with Gasteiger partial charge >= 0.3 is 6.18 Å². The van der Waals surface area contributed by atoms with E-state index in [9.17, 15) is 13.2 Å². The number of hydrogen-bond acceptors (Lipinski definition) is 4. The standard InChI is InChI=1S/C25H26F3NOS2/c26-25(27,28)22-17-31-16-18-6-7-19-8-9-20(15-30-14-13-29-11-2-1-3-12-29)32-24(19)10-4-5-21(24)23(18)22/h4-9,16-17H,1-3,10-15H2. The number of hydrogen-bond donors (Lipinski definition) is 0. The maximum atomic E-state index is 13.9. The van der Waals surface area contributed by atoms with E-state index in [0.717, 1.165) is 47.4 Å². The predicted octanol–water partition coefficient (Wildman–Crippen LogP) is 6.69. The van der Waals surface area contributed by atoms with Gasteiger partial charge in [0.05, 0.1) is 23.5 Å². The van der Waals surface area contributed by atoms with Gasteiger partial charge in [-0.25, -0.2) is 0 Å². The molecule has 3 aliphatic heterocycles. The molecule has 0 aromatic heterocycles. The van der Waals surface area contributed by atoms with Crippen LogP contribution in [0.25, 0.3) is 0 Å². The first kappa shape index (κ1) is 22.4. The first-order valence-electron chi connectivity index (χ1n) is 11.1. The number of piperidine rings is 1. The van der Waals surface area contributed by atoms with Crippen molar-refractivity contribution in [3.63, 3.8) is 0 Å². The highest BCUT2D eigenvalue weighted by Gasteiger charge is 2.48. The Morgan fingerprint density at radius 2 is 1.88 bits per heavy atom. The van der Waals surface area contributed by atoms with Crippen LogP contribution in [-0.4, -0.2) is 48.7 Å². The molecule has 1 spiro atoms. The molecule has 1 saturated heterocycles. The maximum absolute atomic E-state index is 13.9. The first-order chi connectivity index (χ1) is 15.5. The van der Waals surface area contributed by atoms with Gasteiger partial charge in [0.2, 0.25) is 0 Å². The van der Waals surface area contributed by atoms with Crippen LogP contribution >= 0.6 is 23.5 Å². The van der Waals surface area contributed by atoms with Crippen LogP contribution in [0.2, 0.25) is 0 Å². The summed E-state index contributed by atoms with van der Waals surface area (Å²) in [6.45, 7) is 4.41. The summed E-state index contributed by atoms with van der Waals surface area (Å²) >= 11 is 2.75. The molecule has 1 atom stereocenters. The Balaban J connectivity index is 1.36. The van der Waals surface area contributed by atoms with E-state index in [4.69, 9.17) is 4.74 Å². The highest BCUT2D eigenvalue weighted by molar-refractivity contribution is 8.05. The third kappa shape index (κ3) is 4.25. The van der Waals surface area contributed by atoms with E-state index < -0.39 is 16.5 Å². The number of alkyl halides is 3. The van der Waals surface area contributed by atoms with Crippen LogP contribution in [0, 0.1) is 0 Å². The van der Waals surface area contributed by atoms with Crippen molar-refractivity contribution in [1.82, 2.24) is 4.90 Å². The van der Waals surface area contributed by atoms with Crippen molar-refractivity contribution in [2.75, 3.05) is 32.8 Å². The monoisotopic (exact) mass is 477 g/mol. The van der Waals surface area contributed by atoms with Gasteiger partial charge in [0.1, 0.15) is 0 Å². The average Bonchev–Trinajstić information content (AvgIpc) is 3.13. The SMILES string of the molecule is FC(F)(F)C1=CSC=C2C=CC3=CC=C(COCCN4CCCCC4)SC34CC=CC4=C21. The molecular formula is C25H26F3NOS2. The van der Waals surface area contributed by atoms with E-state index in [0.29, 0.717) is 30.8 Å². The van der Waals surface area contributed by atoms with E-state index in [1.54, 1.807) is 11.8 Å². The van der Waals surface area contributed by atoms with Gasteiger partial charge in [-0.15, -0.1) is 23.5 Å². The van der Waals surface area contributed by atoms with Crippen LogP contribution in [0.15, 0.2) is 80.0 Å². The number of nitrogens with zero attached hydrogens (tertiary/aromatic N) is 1. The molecule has 0 N–H and O–H groups in total. The maximum Gasteiger partial charge on any atom is 0.417 e. The summed E-state index contributed by atoms with van der Waals surface area (Å²) in [5, 5.41) is 3.05. The highest BCUT2D eigenvalue weighted by atomic mass is 32.2. The van der Waals surface area contributed by atoms with Gasteiger partial charge in [-0.2, -0.15) is 13.2 Å². The number of ether oxygens (including phenoxy) is 1. The van der Waals surface area contributed by atoms with Gasteiger partial charge in [0.25, 0.3) is 0 Å². The van der Waals surface area contributed by atoms with Crippen molar-refractivity contribution < 1.29 is 17.9 Å². The number of thioether (sulfide) groups is 2. The zero-order valence-electron chi connectivity index (χ0n) is 17.8. The van der Waals surface area contributed by atoms with Crippen LogP contribution < -0.4 is 0 Å². The zero-order valence-corrected chi connectivity index (χ0v) is 19.4. The molecule has 170 valence electrons. The quantitative estimate of drug-likeness (QED) is 0.409. The number of likely N-dealkylation sites (tertiary alicyclic amines) is 1. The fourth-order valence-corrected chi connectivity index (χ4v) is 7.19. The predicted molar refractivity (Wildman–Crippen MR) is 127 cm³/mol. The molecule has 0 saturated carbocycles.